The molecule has 1 heterocycles. The van der Waals surface area contributed by atoms with Gasteiger partial charge in [0, 0.05) is 29.1 Å². The lowest BCUT2D eigenvalue weighted by atomic mass is 10.1. The molecule has 8 nitrogen and oxygen atoms in total. The molecule has 0 radical (unpaired) electrons. The molecule has 0 aliphatic heterocycles. The average Bonchev–Trinajstić information content (AvgIpc) is 3.33. The van der Waals surface area contributed by atoms with Crippen LogP contribution >= 0.6 is 11.3 Å². The lowest BCUT2D eigenvalue weighted by Crippen LogP contribution is -2.09. The molecule has 0 bridgehead atoms. The van der Waals surface area contributed by atoms with Crippen LogP contribution in [0.5, 0.6) is 5.75 Å². The molecule has 0 aliphatic rings. The van der Waals surface area contributed by atoms with Crippen LogP contribution in [0.15, 0.2) is 119 Å². The fraction of sp³-hybridized carbons (Fsp3) is 0. The summed E-state index contributed by atoms with van der Waals surface area (Å²) in [4.78, 5) is 17.5. The highest BCUT2D eigenvalue weighted by Gasteiger charge is 2.21. The number of anilines is 3. The van der Waals surface area contributed by atoms with Crippen molar-refractivity contribution in [3.05, 3.63) is 119 Å². The summed E-state index contributed by atoms with van der Waals surface area (Å²) in [7, 11) is 0. The van der Waals surface area contributed by atoms with Crippen molar-refractivity contribution in [1.29, 1.82) is 0 Å². The van der Waals surface area contributed by atoms with E-state index < -0.39 is 4.92 Å². The Hall–Kier alpha value is -4.89. The summed E-state index contributed by atoms with van der Waals surface area (Å²) in [6.07, 6.45) is 0. The number of nitro benzene ring substituents is 1. The molecule has 0 atom stereocenters. The van der Waals surface area contributed by atoms with E-state index in [9.17, 15) is 15.2 Å². The zero-order chi connectivity index (χ0) is 24.9. The van der Waals surface area contributed by atoms with E-state index in [0.717, 1.165) is 16.9 Å². The lowest BCUT2D eigenvalue weighted by Gasteiger charge is -2.22. The van der Waals surface area contributed by atoms with Gasteiger partial charge in [-0.15, -0.1) is 10.2 Å². The Labute approximate surface area is 210 Å². The van der Waals surface area contributed by atoms with E-state index in [1.54, 1.807) is 36.4 Å². The fourth-order valence-corrected chi connectivity index (χ4v) is 4.49. The van der Waals surface area contributed by atoms with Crippen molar-refractivity contribution in [2.75, 3.05) is 4.90 Å². The number of rotatable bonds is 7. The number of aromatic hydroxyl groups is 1. The summed E-state index contributed by atoms with van der Waals surface area (Å²) in [5.41, 5.74) is 3.73. The number of benzene rings is 4. The van der Waals surface area contributed by atoms with Crippen LogP contribution in [-0.4, -0.2) is 15.0 Å². The third kappa shape index (κ3) is 4.96. The zero-order valence-electron chi connectivity index (χ0n) is 18.8. The molecule has 9 heteroatoms. The molecule has 5 aromatic rings. The van der Waals surface area contributed by atoms with Gasteiger partial charge >= 0.3 is 0 Å². The van der Waals surface area contributed by atoms with Crippen molar-refractivity contribution in [2.24, 2.45) is 10.2 Å². The van der Waals surface area contributed by atoms with Crippen LogP contribution in [0, 0.1) is 10.1 Å². The van der Waals surface area contributed by atoms with Crippen molar-refractivity contribution < 1.29 is 10.0 Å². The van der Waals surface area contributed by atoms with Crippen molar-refractivity contribution in [1.82, 2.24) is 4.98 Å². The molecule has 0 saturated carbocycles. The van der Waals surface area contributed by atoms with Crippen LogP contribution in [0.2, 0.25) is 0 Å². The quantitative estimate of drug-likeness (QED) is 0.139. The molecule has 1 N–H and O–H groups in total. The van der Waals surface area contributed by atoms with E-state index >= 15 is 0 Å². The normalized spacial score (nSPS) is 11.0. The number of para-hydroxylation sites is 2. The fourth-order valence-electron chi connectivity index (χ4n) is 3.54. The Kier molecular flexibility index (Phi) is 6.46. The Morgan fingerprint density at radius 1 is 0.778 bits per heavy atom. The maximum Gasteiger partial charge on any atom is 0.269 e. The van der Waals surface area contributed by atoms with Crippen LogP contribution in [0.25, 0.3) is 11.3 Å². The first kappa shape index (κ1) is 22.9. The molecule has 36 heavy (non-hydrogen) atoms. The van der Waals surface area contributed by atoms with E-state index in [-0.39, 0.29) is 11.4 Å². The van der Waals surface area contributed by atoms with Crippen molar-refractivity contribution in [2.45, 2.75) is 0 Å². The molecule has 0 fully saturated rings. The zero-order valence-corrected chi connectivity index (χ0v) is 19.6. The number of phenolic OH excluding ortho intramolecular Hbond substituents is 1. The van der Waals surface area contributed by atoms with E-state index in [4.69, 9.17) is 4.98 Å². The summed E-state index contributed by atoms with van der Waals surface area (Å²) in [5, 5.41) is 30.7. The highest BCUT2D eigenvalue weighted by Crippen LogP contribution is 2.45. The number of nitrogens with zero attached hydrogens (tertiary/aromatic N) is 5. The van der Waals surface area contributed by atoms with Gasteiger partial charge in [-0.05, 0) is 60.7 Å². The largest absolute Gasteiger partial charge is 0.508 e. The van der Waals surface area contributed by atoms with E-state index in [0.29, 0.717) is 21.5 Å². The average molecular weight is 494 g/mol. The summed E-state index contributed by atoms with van der Waals surface area (Å²) in [6, 6.07) is 32.4. The van der Waals surface area contributed by atoms with Gasteiger partial charge in [-0.2, -0.15) is 0 Å². The Bertz CT molecular complexity index is 1460. The second-order valence-corrected chi connectivity index (χ2v) is 8.63. The van der Waals surface area contributed by atoms with Gasteiger partial charge in [0.05, 0.1) is 10.6 Å². The van der Waals surface area contributed by atoms with Gasteiger partial charge < -0.3 is 5.11 Å². The minimum Gasteiger partial charge on any atom is -0.508 e. The molecular formula is C27H19N5O3S. The Balaban J connectivity index is 1.61. The lowest BCUT2D eigenvalue weighted by molar-refractivity contribution is -0.384. The van der Waals surface area contributed by atoms with E-state index in [2.05, 4.69) is 10.2 Å². The second kappa shape index (κ2) is 10.2. The van der Waals surface area contributed by atoms with Gasteiger partial charge in [-0.3, -0.25) is 15.0 Å². The number of nitro groups is 1. The molecule has 176 valence electrons. The molecule has 0 unspecified atom stereocenters. The van der Waals surface area contributed by atoms with Gasteiger partial charge in [0.25, 0.3) is 5.69 Å². The highest BCUT2D eigenvalue weighted by atomic mass is 32.1. The Morgan fingerprint density at radius 3 is 1.92 bits per heavy atom. The summed E-state index contributed by atoms with van der Waals surface area (Å²) >= 11 is 1.37. The third-order valence-corrected chi connectivity index (χ3v) is 6.20. The van der Waals surface area contributed by atoms with Crippen LogP contribution in [0.4, 0.5) is 32.9 Å². The molecule has 0 saturated heterocycles. The number of hydrogen-bond donors (Lipinski definition) is 1. The number of aromatic nitrogens is 1. The minimum atomic E-state index is -0.457. The van der Waals surface area contributed by atoms with Crippen LogP contribution in [0.3, 0.4) is 0 Å². The highest BCUT2D eigenvalue weighted by molar-refractivity contribution is 7.19. The smallest absolute Gasteiger partial charge is 0.269 e. The second-order valence-electron chi connectivity index (χ2n) is 7.68. The molecule has 0 amide bonds. The predicted octanol–water partition coefficient (Wildman–Crippen LogP) is 8.31. The topological polar surface area (TPSA) is 104 Å². The maximum absolute atomic E-state index is 10.9. The minimum absolute atomic E-state index is 0.0137. The van der Waals surface area contributed by atoms with E-state index in [1.807, 2.05) is 65.6 Å². The third-order valence-electron chi connectivity index (χ3n) is 5.28. The standard InChI is InChI=1S/C27H19N5O3S/c33-24-17-11-19(12-18-24)25-26(30-29-20-13-15-23(16-14-20)32(34)35)36-27(28-25)31(21-7-3-1-4-8-21)22-9-5-2-6-10-22/h1-18,33H. The first-order chi connectivity index (χ1) is 17.6. The van der Waals surface area contributed by atoms with Crippen LogP contribution < -0.4 is 4.90 Å². The van der Waals surface area contributed by atoms with Gasteiger partial charge in [-0.25, -0.2) is 4.98 Å². The van der Waals surface area contributed by atoms with Gasteiger partial charge in [-0.1, -0.05) is 47.7 Å². The maximum atomic E-state index is 10.9. The Morgan fingerprint density at radius 2 is 1.36 bits per heavy atom. The number of non-ortho nitro benzene ring substituents is 1. The van der Waals surface area contributed by atoms with Gasteiger partial charge in [0.15, 0.2) is 10.1 Å². The molecule has 1 aromatic heterocycles. The SMILES string of the molecule is O=[N+]([O-])c1ccc(N=Nc2sc(N(c3ccccc3)c3ccccc3)nc2-c2ccc(O)cc2)cc1. The number of hydrogen-bond acceptors (Lipinski definition) is 8. The number of azo groups is 1. The summed E-state index contributed by atoms with van der Waals surface area (Å²) < 4.78 is 0. The summed E-state index contributed by atoms with van der Waals surface area (Å²) in [5.74, 6) is 0.151. The first-order valence-corrected chi connectivity index (χ1v) is 11.8. The first-order valence-electron chi connectivity index (χ1n) is 10.9. The summed E-state index contributed by atoms with van der Waals surface area (Å²) in [6.45, 7) is 0. The van der Waals surface area contributed by atoms with Crippen LogP contribution in [0.1, 0.15) is 0 Å². The molecule has 0 spiro atoms. The number of thiazole rings is 1. The molecule has 5 rings (SSSR count). The monoisotopic (exact) mass is 493 g/mol. The van der Waals surface area contributed by atoms with Crippen molar-refractivity contribution in [3.8, 4) is 17.0 Å². The number of phenols is 1. The molecule has 4 aromatic carbocycles. The van der Waals surface area contributed by atoms with Crippen molar-refractivity contribution in [3.63, 3.8) is 0 Å². The van der Waals surface area contributed by atoms with Crippen LogP contribution in [-0.2, 0) is 0 Å². The predicted molar refractivity (Wildman–Crippen MR) is 141 cm³/mol. The molecule has 0 aliphatic carbocycles. The van der Waals surface area contributed by atoms with E-state index in [1.165, 1.54) is 23.5 Å². The van der Waals surface area contributed by atoms with Gasteiger partial charge in [0.1, 0.15) is 11.4 Å². The van der Waals surface area contributed by atoms with Crippen molar-refractivity contribution >= 4 is 44.2 Å². The van der Waals surface area contributed by atoms with Gasteiger partial charge in [0.2, 0.25) is 0 Å². The molecular weight excluding hydrogens is 474 g/mol.